The Morgan fingerprint density at radius 3 is 2.48 bits per heavy atom. The monoisotopic (exact) mass is 460 g/mol. The maximum absolute atomic E-state index is 13.1. The van der Waals surface area contributed by atoms with Crippen LogP contribution in [0.15, 0.2) is 72.8 Å². The van der Waals surface area contributed by atoms with E-state index in [-0.39, 0.29) is 16.8 Å². The summed E-state index contributed by atoms with van der Waals surface area (Å²) < 4.78 is 5.34. The van der Waals surface area contributed by atoms with Crippen molar-refractivity contribution < 1.29 is 19.2 Å². The van der Waals surface area contributed by atoms with Crippen molar-refractivity contribution in [3.8, 4) is 11.3 Å². The number of fused-ring (bicyclic) bond motifs is 1. The number of hydrogen-bond donors (Lipinski definition) is 0. The molecule has 0 aliphatic rings. The highest BCUT2D eigenvalue weighted by Gasteiger charge is 2.22. The minimum Gasteiger partial charge on any atom is -0.454 e. The van der Waals surface area contributed by atoms with Crippen LogP contribution in [0.25, 0.3) is 22.2 Å². The van der Waals surface area contributed by atoms with Gasteiger partial charge >= 0.3 is 5.97 Å². The van der Waals surface area contributed by atoms with E-state index in [1.165, 1.54) is 18.2 Å². The van der Waals surface area contributed by atoms with Gasteiger partial charge in [0.1, 0.15) is 0 Å². The Hall–Kier alpha value is -4.10. The molecule has 8 heteroatoms. The van der Waals surface area contributed by atoms with Gasteiger partial charge in [-0.25, -0.2) is 9.78 Å². The van der Waals surface area contributed by atoms with Crippen molar-refractivity contribution in [2.75, 3.05) is 6.61 Å². The summed E-state index contributed by atoms with van der Waals surface area (Å²) in [7, 11) is 0. The minimum absolute atomic E-state index is 0.0846. The largest absolute Gasteiger partial charge is 0.454 e. The Morgan fingerprint density at radius 2 is 1.76 bits per heavy atom. The summed E-state index contributed by atoms with van der Waals surface area (Å²) in [6, 6.07) is 19.7. The fourth-order valence-electron chi connectivity index (χ4n) is 3.57. The van der Waals surface area contributed by atoms with Gasteiger partial charge in [-0.15, -0.1) is 0 Å². The number of nitro benzene ring substituents is 1. The highest BCUT2D eigenvalue weighted by molar-refractivity contribution is 6.35. The van der Waals surface area contributed by atoms with Gasteiger partial charge < -0.3 is 4.74 Å². The zero-order chi connectivity index (χ0) is 23.5. The van der Waals surface area contributed by atoms with Gasteiger partial charge in [0.05, 0.1) is 26.7 Å². The standard InChI is InChI=1S/C25H17ClN2O5/c1-15-22(25(30)33-14-21(29)17-9-5-10-18(13-17)28(31)32)19-11-6-12-20(26)24(19)27-23(15)16-7-3-2-4-8-16/h2-13H,14H2,1H3. The summed E-state index contributed by atoms with van der Waals surface area (Å²) in [5.74, 6) is -1.26. The third-order valence-electron chi connectivity index (χ3n) is 5.17. The van der Waals surface area contributed by atoms with Crippen LogP contribution in [0, 0.1) is 17.0 Å². The van der Waals surface area contributed by atoms with E-state index in [9.17, 15) is 19.7 Å². The Balaban J connectivity index is 1.70. The lowest BCUT2D eigenvalue weighted by molar-refractivity contribution is -0.384. The van der Waals surface area contributed by atoms with Crippen molar-refractivity contribution in [1.29, 1.82) is 0 Å². The number of benzene rings is 3. The normalized spacial score (nSPS) is 10.7. The number of aromatic nitrogens is 1. The molecular formula is C25H17ClN2O5. The van der Waals surface area contributed by atoms with E-state index < -0.39 is 23.3 Å². The lowest BCUT2D eigenvalue weighted by atomic mass is 9.98. The number of pyridine rings is 1. The lowest BCUT2D eigenvalue weighted by Gasteiger charge is -2.15. The van der Waals surface area contributed by atoms with Gasteiger partial charge in [-0.3, -0.25) is 14.9 Å². The van der Waals surface area contributed by atoms with Gasteiger partial charge in [0, 0.05) is 28.6 Å². The number of halogens is 1. The Labute approximate surface area is 193 Å². The average Bonchev–Trinajstić information content (AvgIpc) is 2.83. The second-order valence-electron chi connectivity index (χ2n) is 7.27. The SMILES string of the molecule is Cc1c(-c2ccccc2)nc2c(Cl)cccc2c1C(=O)OCC(=O)c1cccc([N+](=O)[O-])c1. The second-order valence-corrected chi connectivity index (χ2v) is 7.68. The summed E-state index contributed by atoms with van der Waals surface area (Å²) in [6.07, 6.45) is 0. The molecule has 0 aliphatic carbocycles. The van der Waals surface area contributed by atoms with Crippen LogP contribution >= 0.6 is 11.6 Å². The highest BCUT2D eigenvalue weighted by atomic mass is 35.5. The molecule has 0 spiro atoms. The van der Waals surface area contributed by atoms with Crippen molar-refractivity contribution in [1.82, 2.24) is 4.98 Å². The van der Waals surface area contributed by atoms with Crippen LogP contribution in [0.1, 0.15) is 26.3 Å². The summed E-state index contributed by atoms with van der Waals surface area (Å²) in [5.41, 5.74) is 2.54. The van der Waals surface area contributed by atoms with Crippen molar-refractivity contribution >= 4 is 39.9 Å². The molecule has 33 heavy (non-hydrogen) atoms. The summed E-state index contributed by atoms with van der Waals surface area (Å²) in [5, 5.41) is 11.8. The topological polar surface area (TPSA) is 99.4 Å². The van der Waals surface area contributed by atoms with Crippen molar-refractivity contribution in [2.45, 2.75) is 6.92 Å². The number of nitrogens with zero attached hydrogens (tertiary/aromatic N) is 2. The number of para-hydroxylation sites is 1. The molecule has 0 unspecified atom stereocenters. The van der Waals surface area contributed by atoms with E-state index >= 15 is 0 Å². The van der Waals surface area contributed by atoms with Crippen LogP contribution < -0.4 is 0 Å². The molecule has 0 aliphatic heterocycles. The summed E-state index contributed by atoms with van der Waals surface area (Å²) in [6.45, 7) is 1.19. The quantitative estimate of drug-likeness (QED) is 0.156. The van der Waals surface area contributed by atoms with E-state index in [0.717, 1.165) is 11.6 Å². The van der Waals surface area contributed by atoms with E-state index in [1.807, 2.05) is 30.3 Å². The molecule has 1 aromatic heterocycles. The fraction of sp³-hybridized carbons (Fsp3) is 0.0800. The second kappa shape index (κ2) is 9.18. The molecule has 0 N–H and O–H groups in total. The Morgan fingerprint density at radius 1 is 1.03 bits per heavy atom. The van der Waals surface area contributed by atoms with Crippen LogP contribution in [0.5, 0.6) is 0 Å². The van der Waals surface area contributed by atoms with E-state index in [1.54, 1.807) is 25.1 Å². The van der Waals surface area contributed by atoms with Gasteiger partial charge in [-0.1, -0.05) is 66.2 Å². The van der Waals surface area contributed by atoms with E-state index in [0.29, 0.717) is 27.2 Å². The number of rotatable bonds is 6. The number of carbonyl (C=O) groups excluding carboxylic acids is 2. The third-order valence-corrected chi connectivity index (χ3v) is 5.48. The van der Waals surface area contributed by atoms with Crippen LogP contribution in [0.2, 0.25) is 5.02 Å². The molecule has 7 nitrogen and oxygen atoms in total. The molecule has 4 aromatic rings. The van der Waals surface area contributed by atoms with Gasteiger partial charge in [0.2, 0.25) is 5.78 Å². The predicted molar refractivity (Wildman–Crippen MR) is 125 cm³/mol. The first-order chi connectivity index (χ1) is 15.9. The fourth-order valence-corrected chi connectivity index (χ4v) is 3.78. The first-order valence-electron chi connectivity index (χ1n) is 9.96. The number of esters is 1. The number of ether oxygens (including phenoxy) is 1. The molecule has 164 valence electrons. The van der Waals surface area contributed by atoms with Gasteiger partial charge in [-0.2, -0.15) is 0 Å². The maximum Gasteiger partial charge on any atom is 0.339 e. The van der Waals surface area contributed by atoms with Crippen LogP contribution in [0.3, 0.4) is 0 Å². The lowest BCUT2D eigenvalue weighted by Crippen LogP contribution is -2.16. The zero-order valence-corrected chi connectivity index (χ0v) is 18.2. The molecule has 0 saturated carbocycles. The van der Waals surface area contributed by atoms with Crippen molar-refractivity contribution in [2.24, 2.45) is 0 Å². The molecule has 0 saturated heterocycles. The first-order valence-corrected chi connectivity index (χ1v) is 10.3. The van der Waals surface area contributed by atoms with Crippen molar-refractivity contribution in [3.63, 3.8) is 0 Å². The number of carbonyl (C=O) groups is 2. The third kappa shape index (κ3) is 4.44. The molecule has 0 amide bonds. The molecule has 3 aromatic carbocycles. The Kier molecular flexibility index (Phi) is 6.15. The maximum atomic E-state index is 13.1. The predicted octanol–water partition coefficient (Wildman–Crippen LogP) is 5.81. The smallest absolute Gasteiger partial charge is 0.339 e. The molecular weight excluding hydrogens is 444 g/mol. The zero-order valence-electron chi connectivity index (χ0n) is 17.4. The highest BCUT2D eigenvalue weighted by Crippen LogP contribution is 2.33. The van der Waals surface area contributed by atoms with E-state index in [4.69, 9.17) is 16.3 Å². The van der Waals surface area contributed by atoms with Gasteiger partial charge in [0.25, 0.3) is 5.69 Å². The minimum atomic E-state index is -0.710. The number of non-ortho nitro benzene ring substituents is 1. The molecule has 0 fully saturated rings. The molecule has 1 heterocycles. The summed E-state index contributed by atoms with van der Waals surface area (Å²) >= 11 is 6.37. The first kappa shape index (κ1) is 22.1. The molecule has 4 rings (SSSR count). The van der Waals surface area contributed by atoms with E-state index in [2.05, 4.69) is 4.98 Å². The molecule has 0 radical (unpaired) electrons. The van der Waals surface area contributed by atoms with Crippen LogP contribution in [-0.4, -0.2) is 28.3 Å². The number of nitro groups is 1. The van der Waals surface area contributed by atoms with Crippen molar-refractivity contribution in [3.05, 3.63) is 105 Å². The summed E-state index contributed by atoms with van der Waals surface area (Å²) in [4.78, 5) is 40.7. The van der Waals surface area contributed by atoms with Gasteiger partial charge in [-0.05, 0) is 18.6 Å². The number of Topliss-reactive ketones (excluding diaryl/α,β-unsaturated/α-hetero) is 1. The molecule has 0 atom stereocenters. The number of ketones is 1. The number of hydrogen-bond acceptors (Lipinski definition) is 6. The average molecular weight is 461 g/mol. The van der Waals surface area contributed by atoms with Crippen LogP contribution in [0.4, 0.5) is 5.69 Å². The Bertz CT molecular complexity index is 1400. The van der Waals surface area contributed by atoms with Crippen LogP contribution in [-0.2, 0) is 4.74 Å². The molecule has 0 bridgehead atoms. The van der Waals surface area contributed by atoms with Gasteiger partial charge in [0.15, 0.2) is 6.61 Å².